The normalized spacial score (nSPS) is 11.4. The lowest BCUT2D eigenvalue weighted by Gasteiger charge is -2.25. The van der Waals surface area contributed by atoms with Crippen LogP contribution in [0.4, 0.5) is 5.69 Å². The number of benzene rings is 3. The van der Waals surface area contributed by atoms with Crippen molar-refractivity contribution in [2.45, 2.75) is 18.7 Å². The van der Waals surface area contributed by atoms with E-state index in [-0.39, 0.29) is 10.6 Å². The molecule has 0 fully saturated rings. The number of aryl methyl sites for hydroxylation is 2. The lowest BCUT2D eigenvalue weighted by molar-refractivity contribution is -0.119. The van der Waals surface area contributed by atoms with Gasteiger partial charge in [0.1, 0.15) is 6.54 Å². The van der Waals surface area contributed by atoms with Crippen LogP contribution >= 0.6 is 23.2 Å². The molecule has 8 nitrogen and oxygen atoms in total. The van der Waals surface area contributed by atoms with Gasteiger partial charge >= 0.3 is 0 Å². The molecule has 3 rings (SSSR count). The molecule has 3 aromatic rings. The second kappa shape index (κ2) is 11.6. The molecule has 0 saturated carbocycles. The Labute approximate surface area is 220 Å². The molecule has 0 saturated heterocycles. The van der Waals surface area contributed by atoms with Crippen molar-refractivity contribution in [1.29, 1.82) is 0 Å². The molecule has 3 aromatic carbocycles. The second-order valence-corrected chi connectivity index (χ2v) is 10.5. The first kappa shape index (κ1) is 27.3. The highest BCUT2D eigenvalue weighted by Gasteiger charge is 2.28. The van der Waals surface area contributed by atoms with Gasteiger partial charge < -0.3 is 9.47 Å². The number of methoxy groups -OCH3 is 2. The molecular weight excluding hydrogens is 525 g/mol. The maximum atomic E-state index is 13.7. The number of hydrogen-bond acceptors (Lipinski definition) is 6. The van der Waals surface area contributed by atoms with Crippen molar-refractivity contribution in [2.75, 3.05) is 25.1 Å². The fourth-order valence-corrected chi connectivity index (χ4v) is 5.18. The SMILES string of the molecule is COc1ccc(S(=O)(=O)N(CC(=O)N/N=C\c2ccc(Cl)c(Cl)c2)c2cc(C)cc(C)c2)cc1OC. The monoisotopic (exact) mass is 549 g/mol. The quantitative estimate of drug-likeness (QED) is 0.300. The van der Waals surface area contributed by atoms with E-state index < -0.39 is 22.5 Å². The predicted molar refractivity (Wildman–Crippen MR) is 142 cm³/mol. The summed E-state index contributed by atoms with van der Waals surface area (Å²) >= 11 is 11.9. The standard InChI is InChI=1S/C25H25Cl2N3O5S/c1-16-9-17(2)11-19(10-16)30(36(32,33)20-6-8-23(34-3)24(13-20)35-4)15-25(31)29-28-14-18-5-7-21(26)22(27)12-18/h5-14H,15H2,1-4H3,(H,29,31)/b28-14-. The molecule has 0 aromatic heterocycles. The van der Waals surface area contributed by atoms with Gasteiger partial charge in [-0.25, -0.2) is 13.8 Å². The van der Waals surface area contributed by atoms with E-state index in [4.69, 9.17) is 32.7 Å². The van der Waals surface area contributed by atoms with Crippen molar-refractivity contribution >= 4 is 51.0 Å². The molecule has 0 radical (unpaired) electrons. The minimum absolute atomic E-state index is 0.0635. The van der Waals surface area contributed by atoms with Crippen LogP contribution in [0.15, 0.2) is 64.6 Å². The van der Waals surface area contributed by atoms with Crippen molar-refractivity contribution < 1.29 is 22.7 Å². The van der Waals surface area contributed by atoms with Crippen LogP contribution in [0, 0.1) is 13.8 Å². The van der Waals surface area contributed by atoms with E-state index in [9.17, 15) is 13.2 Å². The molecule has 0 aliphatic carbocycles. The van der Waals surface area contributed by atoms with Gasteiger partial charge in [-0.2, -0.15) is 5.10 Å². The fraction of sp³-hybridized carbons (Fsp3) is 0.200. The zero-order chi connectivity index (χ0) is 26.5. The Bertz CT molecular complexity index is 1390. The highest BCUT2D eigenvalue weighted by molar-refractivity contribution is 7.92. The number of rotatable bonds is 9. The van der Waals surface area contributed by atoms with Crippen LogP contribution in [0.1, 0.15) is 16.7 Å². The molecular formula is C25H25Cl2N3O5S. The van der Waals surface area contributed by atoms with Crippen LogP contribution < -0.4 is 19.2 Å². The number of anilines is 1. The van der Waals surface area contributed by atoms with Gasteiger partial charge in [0, 0.05) is 6.07 Å². The van der Waals surface area contributed by atoms with Crippen LogP contribution in [-0.2, 0) is 14.8 Å². The van der Waals surface area contributed by atoms with E-state index in [1.165, 1.54) is 38.6 Å². The third kappa shape index (κ3) is 6.48. The molecule has 0 atom stereocenters. The van der Waals surface area contributed by atoms with Crippen molar-refractivity contribution in [1.82, 2.24) is 5.43 Å². The molecule has 190 valence electrons. The highest BCUT2D eigenvalue weighted by Crippen LogP contribution is 2.32. The predicted octanol–water partition coefficient (Wildman–Crippen LogP) is 4.97. The molecule has 1 N–H and O–H groups in total. The lowest BCUT2D eigenvalue weighted by Crippen LogP contribution is -2.39. The molecule has 0 unspecified atom stereocenters. The summed E-state index contributed by atoms with van der Waals surface area (Å²) in [6, 6.07) is 14.4. The average Bonchev–Trinajstić information content (AvgIpc) is 2.83. The van der Waals surface area contributed by atoms with E-state index in [0.717, 1.165) is 15.4 Å². The summed E-state index contributed by atoms with van der Waals surface area (Å²) in [4.78, 5) is 12.7. The number of ether oxygens (including phenoxy) is 2. The summed E-state index contributed by atoms with van der Waals surface area (Å²) in [5.41, 5.74) is 4.99. The molecule has 0 aliphatic rings. The van der Waals surface area contributed by atoms with Crippen LogP contribution in [0.3, 0.4) is 0 Å². The van der Waals surface area contributed by atoms with Gasteiger partial charge in [0.15, 0.2) is 11.5 Å². The minimum Gasteiger partial charge on any atom is -0.493 e. The maximum Gasteiger partial charge on any atom is 0.264 e. The number of carbonyl (C=O) groups is 1. The number of nitrogens with one attached hydrogen (secondary N) is 1. The summed E-state index contributed by atoms with van der Waals surface area (Å²) < 4.78 is 38.9. The molecule has 0 bridgehead atoms. The first-order valence-electron chi connectivity index (χ1n) is 10.6. The minimum atomic E-state index is -4.17. The highest BCUT2D eigenvalue weighted by atomic mass is 35.5. The Kier molecular flexibility index (Phi) is 8.84. The molecule has 1 amide bonds. The van der Waals surface area contributed by atoms with Crippen LogP contribution in [-0.4, -0.2) is 41.3 Å². The van der Waals surface area contributed by atoms with Gasteiger partial charge in [0.2, 0.25) is 0 Å². The van der Waals surface area contributed by atoms with Crippen molar-refractivity contribution in [3.8, 4) is 11.5 Å². The van der Waals surface area contributed by atoms with Crippen LogP contribution in [0.25, 0.3) is 0 Å². The number of carbonyl (C=O) groups excluding carboxylic acids is 1. The average molecular weight is 550 g/mol. The fourth-order valence-electron chi connectivity index (χ4n) is 3.45. The Hall–Kier alpha value is -3.27. The number of halogens is 2. The molecule has 0 heterocycles. The first-order chi connectivity index (χ1) is 17.0. The van der Waals surface area contributed by atoms with Gasteiger partial charge in [-0.1, -0.05) is 35.3 Å². The Morgan fingerprint density at radius 2 is 1.61 bits per heavy atom. The van der Waals surface area contributed by atoms with E-state index in [1.807, 2.05) is 19.9 Å². The topological polar surface area (TPSA) is 97.3 Å². The van der Waals surface area contributed by atoms with Gasteiger partial charge in [0.25, 0.3) is 15.9 Å². The summed E-state index contributed by atoms with van der Waals surface area (Å²) in [7, 11) is -1.31. The van der Waals surface area contributed by atoms with Crippen molar-refractivity contribution in [2.24, 2.45) is 5.10 Å². The van der Waals surface area contributed by atoms with Gasteiger partial charge in [0.05, 0.1) is 41.1 Å². The molecule has 0 spiro atoms. The van der Waals surface area contributed by atoms with Crippen LogP contribution in [0.2, 0.25) is 10.0 Å². The number of nitrogens with zero attached hydrogens (tertiary/aromatic N) is 2. The third-order valence-electron chi connectivity index (χ3n) is 5.07. The zero-order valence-electron chi connectivity index (χ0n) is 20.1. The molecule has 0 aliphatic heterocycles. The molecule has 11 heteroatoms. The lowest BCUT2D eigenvalue weighted by atomic mass is 10.1. The van der Waals surface area contributed by atoms with Crippen molar-refractivity contribution in [3.05, 3.63) is 81.3 Å². The largest absolute Gasteiger partial charge is 0.493 e. The van der Waals surface area contributed by atoms with E-state index in [0.29, 0.717) is 27.0 Å². The second-order valence-electron chi connectivity index (χ2n) is 7.84. The maximum absolute atomic E-state index is 13.7. The summed E-state index contributed by atoms with van der Waals surface area (Å²) in [6.07, 6.45) is 1.38. The van der Waals surface area contributed by atoms with E-state index in [2.05, 4.69) is 10.5 Å². The van der Waals surface area contributed by atoms with Gasteiger partial charge in [-0.15, -0.1) is 0 Å². The summed E-state index contributed by atoms with van der Waals surface area (Å²) in [5, 5.41) is 4.65. The van der Waals surface area contributed by atoms with E-state index in [1.54, 1.807) is 30.3 Å². The summed E-state index contributed by atoms with van der Waals surface area (Å²) in [5.74, 6) is -0.0204. The number of hydrogen-bond donors (Lipinski definition) is 1. The Balaban J connectivity index is 1.93. The Morgan fingerprint density at radius 3 is 2.22 bits per heavy atom. The molecule has 36 heavy (non-hydrogen) atoms. The number of hydrazone groups is 1. The Morgan fingerprint density at radius 1 is 0.944 bits per heavy atom. The number of amides is 1. The zero-order valence-corrected chi connectivity index (χ0v) is 22.4. The van der Waals surface area contributed by atoms with Crippen LogP contribution in [0.5, 0.6) is 11.5 Å². The number of sulfonamides is 1. The van der Waals surface area contributed by atoms with Gasteiger partial charge in [-0.05, 0) is 66.9 Å². The summed E-state index contributed by atoms with van der Waals surface area (Å²) in [6.45, 7) is 3.18. The smallest absolute Gasteiger partial charge is 0.264 e. The third-order valence-corrected chi connectivity index (χ3v) is 7.58. The van der Waals surface area contributed by atoms with Gasteiger partial charge in [-0.3, -0.25) is 9.10 Å². The first-order valence-corrected chi connectivity index (χ1v) is 12.8. The van der Waals surface area contributed by atoms with E-state index >= 15 is 0 Å². The van der Waals surface area contributed by atoms with Crippen molar-refractivity contribution in [3.63, 3.8) is 0 Å².